The number of nitrogens with zero attached hydrogens (tertiary/aromatic N) is 1. The quantitative estimate of drug-likeness (QED) is 0.735. The monoisotopic (exact) mass is 298 g/mol. The number of benzene rings is 2. The molecule has 0 aliphatic rings. The minimum absolute atomic E-state index is 0.393. The predicted octanol–water partition coefficient (Wildman–Crippen LogP) is 4.86. The summed E-state index contributed by atoms with van der Waals surface area (Å²) in [6.45, 7) is 4.03. The molecule has 4 heteroatoms. The number of hydrogen-bond acceptors (Lipinski definition) is 3. The molecule has 0 aliphatic heterocycles. The lowest BCUT2D eigenvalue weighted by Gasteiger charge is -2.07. The molecule has 0 saturated carbocycles. The van der Waals surface area contributed by atoms with Crippen LogP contribution < -0.4 is 5.73 Å². The predicted molar refractivity (Wildman–Crippen MR) is 86.3 cm³/mol. The molecule has 0 amide bonds. The third-order valence-electron chi connectivity index (χ3n) is 3.46. The van der Waals surface area contributed by atoms with Crippen LogP contribution in [0.2, 0.25) is 5.02 Å². The summed E-state index contributed by atoms with van der Waals surface area (Å²) in [7, 11) is 0. The first-order valence-corrected chi connectivity index (χ1v) is 7.03. The van der Waals surface area contributed by atoms with Gasteiger partial charge in [0.15, 0.2) is 11.6 Å². The molecule has 106 valence electrons. The van der Waals surface area contributed by atoms with Crippen LogP contribution in [0.4, 0.5) is 5.82 Å². The molecule has 0 fully saturated rings. The summed E-state index contributed by atoms with van der Waals surface area (Å²) in [5.41, 5.74) is 11.0. The van der Waals surface area contributed by atoms with Crippen LogP contribution in [0.25, 0.3) is 22.5 Å². The van der Waals surface area contributed by atoms with E-state index < -0.39 is 0 Å². The Bertz CT molecular complexity index is 808. The molecule has 1 aromatic heterocycles. The SMILES string of the molecule is Cc1cccc(-c2c(N)noc2-c2ccc(Cl)cc2C)c1. The van der Waals surface area contributed by atoms with Crippen molar-refractivity contribution < 1.29 is 4.52 Å². The highest BCUT2D eigenvalue weighted by Gasteiger charge is 2.19. The van der Waals surface area contributed by atoms with Gasteiger partial charge in [-0.2, -0.15) is 0 Å². The molecule has 0 radical (unpaired) electrons. The van der Waals surface area contributed by atoms with Crippen LogP contribution in [0.15, 0.2) is 47.0 Å². The lowest BCUT2D eigenvalue weighted by atomic mass is 9.98. The van der Waals surface area contributed by atoms with Gasteiger partial charge in [-0.05, 0) is 43.2 Å². The maximum Gasteiger partial charge on any atom is 0.177 e. The summed E-state index contributed by atoms with van der Waals surface area (Å²) in [5, 5.41) is 4.63. The van der Waals surface area contributed by atoms with Crippen molar-refractivity contribution in [1.29, 1.82) is 0 Å². The molecule has 0 spiro atoms. The van der Waals surface area contributed by atoms with E-state index in [1.54, 1.807) is 0 Å². The number of hydrogen-bond donors (Lipinski definition) is 1. The Kier molecular flexibility index (Phi) is 3.43. The average molecular weight is 299 g/mol. The lowest BCUT2D eigenvalue weighted by molar-refractivity contribution is 0.436. The van der Waals surface area contributed by atoms with Gasteiger partial charge < -0.3 is 10.3 Å². The molecule has 3 rings (SSSR count). The van der Waals surface area contributed by atoms with Crippen LogP contribution in [0.1, 0.15) is 11.1 Å². The van der Waals surface area contributed by atoms with Gasteiger partial charge in [0.05, 0.1) is 5.56 Å². The smallest absolute Gasteiger partial charge is 0.177 e. The van der Waals surface area contributed by atoms with Crippen molar-refractivity contribution in [2.75, 3.05) is 5.73 Å². The van der Waals surface area contributed by atoms with Crippen molar-refractivity contribution in [1.82, 2.24) is 5.16 Å². The van der Waals surface area contributed by atoms with Crippen molar-refractivity contribution in [2.24, 2.45) is 0 Å². The highest BCUT2D eigenvalue weighted by Crippen LogP contribution is 2.38. The second-order valence-electron chi connectivity index (χ2n) is 5.10. The lowest BCUT2D eigenvalue weighted by Crippen LogP contribution is -1.90. The zero-order valence-electron chi connectivity index (χ0n) is 11.9. The molecule has 0 saturated heterocycles. The molecule has 0 bridgehead atoms. The maximum atomic E-state index is 6.02. The van der Waals surface area contributed by atoms with Gasteiger partial charge in [-0.1, -0.05) is 46.6 Å². The third kappa shape index (κ3) is 2.52. The van der Waals surface area contributed by atoms with Crippen molar-refractivity contribution in [2.45, 2.75) is 13.8 Å². The number of nitrogen functional groups attached to an aromatic ring is 1. The van der Waals surface area contributed by atoms with E-state index in [9.17, 15) is 0 Å². The topological polar surface area (TPSA) is 52.0 Å². The normalized spacial score (nSPS) is 10.8. The summed E-state index contributed by atoms with van der Waals surface area (Å²) < 4.78 is 5.48. The Morgan fingerprint density at radius 1 is 1.10 bits per heavy atom. The van der Waals surface area contributed by atoms with Crippen molar-refractivity contribution in [3.8, 4) is 22.5 Å². The van der Waals surface area contributed by atoms with E-state index in [-0.39, 0.29) is 0 Å². The number of aromatic nitrogens is 1. The second kappa shape index (κ2) is 5.26. The fourth-order valence-corrected chi connectivity index (χ4v) is 2.67. The zero-order chi connectivity index (χ0) is 15.0. The summed E-state index contributed by atoms with van der Waals surface area (Å²) >= 11 is 6.02. The summed E-state index contributed by atoms with van der Waals surface area (Å²) in [6.07, 6.45) is 0. The van der Waals surface area contributed by atoms with Crippen LogP contribution in [0, 0.1) is 13.8 Å². The number of anilines is 1. The van der Waals surface area contributed by atoms with E-state index in [0.29, 0.717) is 16.6 Å². The molecule has 3 aromatic rings. The highest BCUT2D eigenvalue weighted by molar-refractivity contribution is 6.30. The fourth-order valence-electron chi connectivity index (χ4n) is 2.45. The summed E-state index contributed by atoms with van der Waals surface area (Å²) in [4.78, 5) is 0. The average Bonchev–Trinajstić information content (AvgIpc) is 2.80. The van der Waals surface area contributed by atoms with E-state index in [2.05, 4.69) is 11.2 Å². The van der Waals surface area contributed by atoms with Crippen LogP contribution in [0.3, 0.4) is 0 Å². The van der Waals surface area contributed by atoms with Gasteiger partial charge in [-0.3, -0.25) is 0 Å². The molecule has 0 aliphatic carbocycles. The van der Waals surface area contributed by atoms with Gasteiger partial charge in [0.2, 0.25) is 0 Å². The first-order valence-electron chi connectivity index (χ1n) is 6.65. The molecule has 0 atom stereocenters. The Morgan fingerprint density at radius 3 is 2.62 bits per heavy atom. The Labute approximate surface area is 128 Å². The van der Waals surface area contributed by atoms with Gasteiger partial charge in [0.1, 0.15) is 0 Å². The van der Waals surface area contributed by atoms with Crippen molar-refractivity contribution in [3.63, 3.8) is 0 Å². The van der Waals surface area contributed by atoms with Crippen LogP contribution in [0.5, 0.6) is 0 Å². The van der Waals surface area contributed by atoms with E-state index in [0.717, 1.165) is 27.8 Å². The maximum absolute atomic E-state index is 6.02. The Morgan fingerprint density at radius 2 is 1.90 bits per heavy atom. The molecule has 21 heavy (non-hydrogen) atoms. The molecule has 2 aromatic carbocycles. The van der Waals surface area contributed by atoms with E-state index in [1.165, 1.54) is 0 Å². The first kappa shape index (κ1) is 13.7. The molecule has 1 heterocycles. The van der Waals surface area contributed by atoms with E-state index >= 15 is 0 Å². The minimum Gasteiger partial charge on any atom is -0.380 e. The van der Waals surface area contributed by atoms with E-state index in [4.69, 9.17) is 21.9 Å². The van der Waals surface area contributed by atoms with Crippen LogP contribution in [-0.2, 0) is 0 Å². The van der Waals surface area contributed by atoms with Gasteiger partial charge in [-0.15, -0.1) is 0 Å². The number of nitrogens with two attached hydrogens (primary N) is 1. The Balaban J connectivity index is 2.22. The number of rotatable bonds is 2. The van der Waals surface area contributed by atoms with Gasteiger partial charge >= 0.3 is 0 Å². The number of halogens is 1. The van der Waals surface area contributed by atoms with Crippen LogP contribution in [-0.4, -0.2) is 5.16 Å². The molecular weight excluding hydrogens is 284 g/mol. The standard InChI is InChI=1S/C17H15ClN2O/c1-10-4-3-5-12(8-10)15-16(21-20-17(15)19)14-7-6-13(18)9-11(14)2/h3-9H,1-2H3,(H2,19,20). The van der Waals surface area contributed by atoms with Crippen LogP contribution >= 0.6 is 11.6 Å². The van der Waals surface area contributed by atoms with Crippen molar-refractivity contribution >= 4 is 17.4 Å². The molecule has 2 N–H and O–H groups in total. The summed E-state index contributed by atoms with van der Waals surface area (Å²) in [6, 6.07) is 13.8. The van der Waals surface area contributed by atoms with Gasteiger partial charge in [-0.25, -0.2) is 0 Å². The molecule has 0 unspecified atom stereocenters. The largest absolute Gasteiger partial charge is 0.380 e. The molecular formula is C17H15ClN2O. The zero-order valence-corrected chi connectivity index (χ0v) is 12.6. The fraction of sp³-hybridized carbons (Fsp3) is 0.118. The number of aryl methyl sites for hydroxylation is 2. The summed E-state index contributed by atoms with van der Waals surface area (Å²) in [5.74, 6) is 1.07. The highest BCUT2D eigenvalue weighted by atomic mass is 35.5. The molecule has 3 nitrogen and oxygen atoms in total. The first-order chi connectivity index (χ1) is 10.1. The Hall–Kier alpha value is -2.26. The minimum atomic E-state index is 0.393. The van der Waals surface area contributed by atoms with Gasteiger partial charge in [0.25, 0.3) is 0 Å². The van der Waals surface area contributed by atoms with Crippen molar-refractivity contribution in [3.05, 3.63) is 58.6 Å². The third-order valence-corrected chi connectivity index (χ3v) is 3.69. The van der Waals surface area contributed by atoms with E-state index in [1.807, 2.05) is 50.2 Å². The second-order valence-corrected chi connectivity index (χ2v) is 5.54. The van der Waals surface area contributed by atoms with Gasteiger partial charge in [0, 0.05) is 10.6 Å².